The van der Waals surface area contributed by atoms with Gasteiger partial charge >= 0.3 is 5.97 Å². The van der Waals surface area contributed by atoms with E-state index in [1.807, 2.05) is 19.1 Å². The van der Waals surface area contributed by atoms with Crippen molar-refractivity contribution in [3.8, 4) is 0 Å². The number of nitrogens with one attached hydrogen (secondary N) is 1. The lowest BCUT2D eigenvalue weighted by Crippen LogP contribution is -2.24. The minimum Gasteiger partial charge on any atom is -0.466 e. The third kappa shape index (κ3) is 3.33. The Balaban J connectivity index is 2.15. The molecule has 1 N–H and O–H groups in total. The lowest BCUT2D eigenvalue weighted by molar-refractivity contribution is -0.147. The number of carbonyl (C=O) groups is 1. The Kier molecular flexibility index (Phi) is 4.93. The fourth-order valence-electron chi connectivity index (χ4n) is 2.61. The van der Waals surface area contributed by atoms with Crippen molar-refractivity contribution in [3.05, 3.63) is 35.4 Å². The molecule has 2 unspecified atom stereocenters. The van der Waals surface area contributed by atoms with Gasteiger partial charge in [-0.2, -0.15) is 0 Å². The topological polar surface area (TPSA) is 47.6 Å². The molecule has 4 nitrogen and oxygen atoms in total. The molecule has 1 aromatic rings. The Morgan fingerprint density at radius 2 is 2.26 bits per heavy atom. The summed E-state index contributed by atoms with van der Waals surface area (Å²) in [6, 6.07) is 8.25. The molecule has 0 saturated carbocycles. The maximum absolute atomic E-state index is 12.0. The van der Waals surface area contributed by atoms with Crippen LogP contribution in [0.1, 0.15) is 24.0 Å². The van der Waals surface area contributed by atoms with Crippen LogP contribution in [0.5, 0.6) is 0 Å². The Hall–Kier alpha value is -1.39. The van der Waals surface area contributed by atoms with Crippen molar-refractivity contribution < 1.29 is 14.3 Å². The molecule has 0 spiro atoms. The van der Waals surface area contributed by atoms with Crippen molar-refractivity contribution in [3.63, 3.8) is 0 Å². The standard InChI is InChI=1S/C15H21NO3/c1-3-19-15(17)14-9-16-8-13(14)12-6-4-5-11(7-12)10-18-2/h4-7,13-14,16H,3,8-10H2,1-2H3. The van der Waals surface area contributed by atoms with E-state index in [2.05, 4.69) is 17.4 Å². The van der Waals surface area contributed by atoms with E-state index in [4.69, 9.17) is 9.47 Å². The van der Waals surface area contributed by atoms with Crippen molar-refractivity contribution in [1.82, 2.24) is 5.32 Å². The van der Waals surface area contributed by atoms with Gasteiger partial charge in [0, 0.05) is 26.1 Å². The van der Waals surface area contributed by atoms with Crippen molar-refractivity contribution in [1.29, 1.82) is 0 Å². The first kappa shape index (κ1) is 14.0. The van der Waals surface area contributed by atoms with Gasteiger partial charge in [-0.05, 0) is 18.1 Å². The highest BCUT2D eigenvalue weighted by molar-refractivity contribution is 5.74. The molecule has 0 bridgehead atoms. The van der Waals surface area contributed by atoms with Crippen LogP contribution in [0.15, 0.2) is 24.3 Å². The van der Waals surface area contributed by atoms with Crippen LogP contribution in [0.3, 0.4) is 0 Å². The van der Waals surface area contributed by atoms with Gasteiger partial charge in [0.25, 0.3) is 0 Å². The average molecular weight is 263 g/mol. The molecule has 2 rings (SSSR count). The minimum absolute atomic E-state index is 0.0854. The molecule has 1 fully saturated rings. The highest BCUT2D eigenvalue weighted by Crippen LogP contribution is 2.29. The van der Waals surface area contributed by atoms with Gasteiger partial charge < -0.3 is 14.8 Å². The minimum atomic E-state index is -0.102. The van der Waals surface area contributed by atoms with Gasteiger partial charge in [0.15, 0.2) is 0 Å². The first-order chi connectivity index (χ1) is 9.26. The van der Waals surface area contributed by atoms with E-state index in [0.29, 0.717) is 19.8 Å². The first-order valence-corrected chi connectivity index (χ1v) is 6.71. The summed E-state index contributed by atoms with van der Waals surface area (Å²) >= 11 is 0. The van der Waals surface area contributed by atoms with E-state index in [-0.39, 0.29) is 17.8 Å². The van der Waals surface area contributed by atoms with Crippen molar-refractivity contribution in [2.45, 2.75) is 19.4 Å². The van der Waals surface area contributed by atoms with Crippen molar-refractivity contribution in [2.75, 3.05) is 26.8 Å². The van der Waals surface area contributed by atoms with Gasteiger partial charge in [-0.15, -0.1) is 0 Å². The smallest absolute Gasteiger partial charge is 0.310 e. The van der Waals surface area contributed by atoms with Crippen LogP contribution in [0.25, 0.3) is 0 Å². The SMILES string of the molecule is CCOC(=O)C1CNCC1c1cccc(COC)c1. The predicted octanol–water partition coefficient (Wildman–Crippen LogP) is 1.70. The largest absolute Gasteiger partial charge is 0.466 e. The molecule has 104 valence electrons. The van der Waals surface area contributed by atoms with Crippen molar-refractivity contribution in [2.24, 2.45) is 5.92 Å². The molecule has 1 aliphatic rings. The number of carbonyl (C=O) groups excluding carboxylic acids is 1. The summed E-state index contributed by atoms with van der Waals surface area (Å²) in [5.41, 5.74) is 2.31. The number of ether oxygens (including phenoxy) is 2. The molecule has 1 aromatic carbocycles. The molecule has 0 aliphatic carbocycles. The van der Waals surface area contributed by atoms with E-state index < -0.39 is 0 Å². The highest BCUT2D eigenvalue weighted by Gasteiger charge is 2.34. The van der Waals surface area contributed by atoms with E-state index in [0.717, 1.165) is 12.1 Å². The number of rotatable bonds is 5. The second-order valence-corrected chi connectivity index (χ2v) is 4.80. The fraction of sp³-hybridized carbons (Fsp3) is 0.533. The van der Waals surface area contributed by atoms with E-state index >= 15 is 0 Å². The zero-order valence-corrected chi connectivity index (χ0v) is 11.5. The zero-order valence-electron chi connectivity index (χ0n) is 11.5. The van der Waals surface area contributed by atoms with Crippen LogP contribution in [0.2, 0.25) is 0 Å². The van der Waals surface area contributed by atoms with Gasteiger partial charge in [-0.1, -0.05) is 24.3 Å². The van der Waals surface area contributed by atoms with Gasteiger partial charge in [-0.3, -0.25) is 4.79 Å². The third-order valence-electron chi connectivity index (χ3n) is 3.49. The molecule has 19 heavy (non-hydrogen) atoms. The number of methoxy groups -OCH3 is 1. The Morgan fingerprint density at radius 1 is 1.42 bits per heavy atom. The van der Waals surface area contributed by atoms with Crippen LogP contribution in [-0.2, 0) is 20.9 Å². The van der Waals surface area contributed by atoms with Gasteiger partial charge in [0.05, 0.1) is 19.1 Å². The molecule has 1 saturated heterocycles. The number of esters is 1. The molecule has 0 aromatic heterocycles. The van der Waals surface area contributed by atoms with Crippen LogP contribution < -0.4 is 5.32 Å². The second-order valence-electron chi connectivity index (χ2n) is 4.80. The van der Waals surface area contributed by atoms with E-state index in [1.165, 1.54) is 5.56 Å². The van der Waals surface area contributed by atoms with Gasteiger partial charge in [0.2, 0.25) is 0 Å². The molecular weight excluding hydrogens is 242 g/mol. The summed E-state index contributed by atoms with van der Waals surface area (Å²) in [5.74, 6) is 0.00301. The maximum Gasteiger partial charge on any atom is 0.310 e. The normalized spacial score (nSPS) is 22.4. The third-order valence-corrected chi connectivity index (χ3v) is 3.49. The van der Waals surface area contributed by atoms with Crippen LogP contribution in [0.4, 0.5) is 0 Å². The van der Waals surface area contributed by atoms with Gasteiger partial charge in [0.1, 0.15) is 0 Å². The summed E-state index contributed by atoms with van der Waals surface area (Å²) in [6.07, 6.45) is 0. The maximum atomic E-state index is 12.0. The average Bonchev–Trinajstić information content (AvgIpc) is 2.89. The van der Waals surface area contributed by atoms with E-state index in [1.54, 1.807) is 7.11 Å². The summed E-state index contributed by atoms with van der Waals surface area (Å²) in [7, 11) is 1.69. The fourth-order valence-corrected chi connectivity index (χ4v) is 2.61. The summed E-state index contributed by atoms with van der Waals surface area (Å²) in [5, 5.41) is 3.28. The van der Waals surface area contributed by atoms with Crippen LogP contribution in [-0.4, -0.2) is 32.8 Å². The predicted molar refractivity (Wildman–Crippen MR) is 72.9 cm³/mol. The summed E-state index contributed by atoms with van der Waals surface area (Å²) in [6.45, 7) is 4.39. The summed E-state index contributed by atoms with van der Waals surface area (Å²) in [4.78, 5) is 12.0. The molecule has 2 atom stereocenters. The molecule has 1 heterocycles. The Labute approximate surface area is 114 Å². The number of benzene rings is 1. The lowest BCUT2D eigenvalue weighted by atomic mass is 9.88. The Morgan fingerprint density at radius 3 is 3.00 bits per heavy atom. The monoisotopic (exact) mass is 263 g/mol. The molecule has 0 amide bonds. The quantitative estimate of drug-likeness (QED) is 0.821. The van der Waals surface area contributed by atoms with E-state index in [9.17, 15) is 4.79 Å². The van der Waals surface area contributed by atoms with Crippen LogP contribution >= 0.6 is 0 Å². The molecular formula is C15H21NO3. The molecule has 1 aliphatic heterocycles. The number of hydrogen-bond donors (Lipinski definition) is 1. The number of hydrogen-bond acceptors (Lipinski definition) is 4. The lowest BCUT2D eigenvalue weighted by Gasteiger charge is -2.18. The zero-order chi connectivity index (χ0) is 13.7. The second kappa shape index (κ2) is 6.68. The molecule has 4 heteroatoms. The Bertz CT molecular complexity index is 433. The summed E-state index contributed by atoms with van der Waals surface area (Å²) < 4.78 is 10.3. The van der Waals surface area contributed by atoms with Crippen molar-refractivity contribution >= 4 is 5.97 Å². The highest BCUT2D eigenvalue weighted by atomic mass is 16.5. The van der Waals surface area contributed by atoms with Crippen LogP contribution in [0, 0.1) is 5.92 Å². The molecule has 0 radical (unpaired) electrons. The van der Waals surface area contributed by atoms with Gasteiger partial charge in [-0.25, -0.2) is 0 Å². The first-order valence-electron chi connectivity index (χ1n) is 6.71.